The van der Waals surface area contributed by atoms with Crippen LogP contribution in [0.5, 0.6) is 5.75 Å². The highest BCUT2D eigenvalue weighted by Gasteiger charge is 2.22. The van der Waals surface area contributed by atoms with E-state index in [2.05, 4.69) is 10.1 Å². The summed E-state index contributed by atoms with van der Waals surface area (Å²) in [6, 6.07) is 5.64. The number of ketones is 1. The van der Waals surface area contributed by atoms with Crippen LogP contribution in [0, 0.1) is 0 Å². The molecule has 0 spiro atoms. The largest absolute Gasteiger partial charge is 0.467 e. The standard InChI is InChI=1S/C16H19NO6S/c1-10(18)8-12-4-6-13(7-5-12)23-16(21)24-9-14(15(20)22-3)17-11(2)19/h4-7,14H,8-9H2,1-3H3,(H,17,19). The second-order valence-corrected chi connectivity index (χ2v) is 5.92. The van der Waals surface area contributed by atoms with E-state index in [0.717, 1.165) is 17.3 Å². The van der Waals surface area contributed by atoms with Crippen molar-refractivity contribution in [3.63, 3.8) is 0 Å². The highest BCUT2D eigenvalue weighted by Crippen LogP contribution is 2.17. The SMILES string of the molecule is COC(=O)C(CSC(=O)Oc1ccc(CC(C)=O)cc1)NC(C)=O. The van der Waals surface area contributed by atoms with E-state index >= 15 is 0 Å². The summed E-state index contributed by atoms with van der Waals surface area (Å²) in [6.07, 6.45) is 0.320. The molecule has 1 aromatic carbocycles. The Kier molecular flexibility index (Phi) is 7.97. The molecule has 0 aliphatic rings. The number of Topliss-reactive ketones (excluding diaryl/α,β-unsaturated/α-hetero) is 1. The van der Waals surface area contributed by atoms with Crippen LogP contribution >= 0.6 is 11.8 Å². The van der Waals surface area contributed by atoms with Crippen LogP contribution in [0.4, 0.5) is 4.79 Å². The summed E-state index contributed by atoms with van der Waals surface area (Å²) in [6.45, 7) is 2.76. The molecule has 24 heavy (non-hydrogen) atoms. The van der Waals surface area contributed by atoms with Crippen LogP contribution in [-0.2, 0) is 25.5 Å². The number of hydrogen-bond donors (Lipinski definition) is 1. The van der Waals surface area contributed by atoms with Gasteiger partial charge in [-0.15, -0.1) is 0 Å². The van der Waals surface area contributed by atoms with Gasteiger partial charge in [0.05, 0.1) is 7.11 Å². The summed E-state index contributed by atoms with van der Waals surface area (Å²) < 4.78 is 9.68. The molecule has 0 aliphatic heterocycles. The van der Waals surface area contributed by atoms with Gasteiger partial charge in [-0.3, -0.25) is 9.59 Å². The van der Waals surface area contributed by atoms with Gasteiger partial charge in [0.1, 0.15) is 17.6 Å². The predicted octanol–water partition coefficient (Wildman–Crippen LogP) is 1.73. The lowest BCUT2D eigenvalue weighted by Gasteiger charge is -2.14. The average Bonchev–Trinajstić information content (AvgIpc) is 2.51. The van der Waals surface area contributed by atoms with Crippen molar-refractivity contribution >= 4 is 34.7 Å². The van der Waals surface area contributed by atoms with E-state index in [9.17, 15) is 19.2 Å². The van der Waals surface area contributed by atoms with E-state index in [0.29, 0.717) is 12.2 Å². The quantitative estimate of drug-likeness (QED) is 0.745. The molecule has 0 aromatic heterocycles. The number of ether oxygens (including phenoxy) is 2. The van der Waals surface area contributed by atoms with Gasteiger partial charge in [0.2, 0.25) is 5.91 Å². The third-order valence-electron chi connectivity index (χ3n) is 2.81. The minimum absolute atomic E-state index is 0.00644. The number of amides is 1. The van der Waals surface area contributed by atoms with Crippen molar-refractivity contribution in [3.8, 4) is 5.75 Å². The van der Waals surface area contributed by atoms with Crippen LogP contribution in [0.25, 0.3) is 0 Å². The minimum Gasteiger partial charge on any atom is -0.467 e. The fourth-order valence-electron chi connectivity index (χ4n) is 1.80. The van der Waals surface area contributed by atoms with Gasteiger partial charge >= 0.3 is 11.3 Å². The van der Waals surface area contributed by atoms with E-state index < -0.39 is 23.2 Å². The fourth-order valence-corrected chi connectivity index (χ4v) is 2.47. The van der Waals surface area contributed by atoms with Crippen molar-refractivity contribution in [1.29, 1.82) is 0 Å². The first-order valence-electron chi connectivity index (χ1n) is 7.09. The van der Waals surface area contributed by atoms with Crippen LogP contribution in [0.3, 0.4) is 0 Å². The Balaban J connectivity index is 2.53. The van der Waals surface area contributed by atoms with E-state index in [4.69, 9.17) is 4.74 Å². The van der Waals surface area contributed by atoms with E-state index in [1.54, 1.807) is 24.3 Å². The first kappa shape index (κ1) is 19.7. The molecule has 0 saturated carbocycles. The van der Waals surface area contributed by atoms with Crippen molar-refractivity contribution in [1.82, 2.24) is 5.32 Å². The lowest BCUT2D eigenvalue weighted by Crippen LogP contribution is -2.42. The van der Waals surface area contributed by atoms with Gasteiger partial charge in [0.15, 0.2) is 0 Å². The topological polar surface area (TPSA) is 98.8 Å². The monoisotopic (exact) mass is 353 g/mol. The molecule has 1 aromatic rings. The maximum atomic E-state index is 11.8. The van der Waals surface area contributed by atoms with Crippen LogP contribution < -0.4 is 10.1 Å². The summed E-state index contributed by atoms with van der Waals surface area (Å²) in [7, 11) is 1.20. The predicted molar refractivity (Wildman–Crippen MR) is 88.9 cm³/mol. The summed E-state index contributed by atoms with van der Waals surface area (Å²) in [5.41, 5.74) is 0.825. The first-order chi connectivity index (χ1) is 11.3. The molecule has 1 amide bonds. The second-order valence-electron chi connectivity index (χ2n) is 4.96. The Labute approximate surface area is 144 Å². The van der Waals surface area contributed by atoms with Crippen molar-refractivity contribution in [2.24, 2.45) is 0 Å². The highest BCUT2D eigenvalue weighted by atomic mass is 32.2. The Morgan fingerprint density at radius 1 is 1.12 bits per heavy atom. The molecule has 0 bridgehead atoms. The lowest BCUT2D eigenvalue weighted by atomic mass is 10.1. The van der Waals surface area contributed by atoms with Gasteiger partial charge in [-0.1, -0.05) is 12.1 Å². The maximum absolute atomic E-state index is 11.8. The van der Waals surface area contributed by atoms with Crippen molar-refractivity contribution in [3.05, 3.63) is 29.8 Å². The Morgan fingerprint density at radius 3 is 2.25 bits per heavy atom. The Morgan fingerprint density at radius 2 is 1.75 bits per heavy atom. The van der Waals surface area contributed by atoms with Crippen molar-refractivity contribution < 1.29 is 28.7 Å². The molecular formula is C16H19NO6S. The van der Waals surface area contributed by atoms with E-state index in [-0.39, 0.29) is 11.5 Å². The van der Waals surface area contributed by atoms with Crippen LogP contribution in [0.15, 0.2) is 24.3 Å². The zero-order valence-electron chi connectivity index (χ0n) is 13.7. The third-order valence-corrected chi connectivity index (χ3v) is 3.63. The minimum atomic E-state index is -0.928. The van der Waals surface area contributed by atoms with Gasteiger partial charge in [-0.2, -0.15) is 0 Å². The van der Waals surface area contributed by atoms with Gasteiger partial charge in [-0.25, -0.2) is 9.59 Å². The molecule has 7 nitrogen and oxygen atoms in total. The van der Waals surface area contributed by atoms with Gasteiger partial charge < -0.3 is 14.8 Å². The number of carbonyl (C=O) groups is 4. The fraction of sp³-hybridized carbons (Fsp3) is 0.375. The normalized spacial score (nSPS) is 11.3. The highest BCUT2D eigenvalue weighted by molar-refractivity contribution is 8.13. The summed E-state index contributed by atoms with van der Waals surface area (Å²) in [5, 5.41) is 1.78. The van der Waals surface area contributed by atoms with Gasteiger partial charge in [0, 0.05) is 19.1 Å². The van der Waals surface area contributed by atoms with Gasteiger partial charge in [-0.05, 0) is 36.4 Å². The van der Waals surface area contributed by atoms with Crippen molar-refractivity contribution in [2.75, 3.05) is 12.9 Å². The van der Waals surface area contributed by atoms with Crippen LogP contribution in [-0.4, -0.2) is 41.9 Å². The zero-order valence-corrected chi connectivity index (χ0v) is 14.5. The molecule has 0 radical (unpaired) electrons. The molecular weight excluding hydrogens is 334 g/mol. The number of esters is 1. The molecule has 1 N–H and O–H groups in total. The lowest BCUT2D eigenvalue weighted by molar-refractivity contribution is -0.144. The summed E-state index contributed by atoms with van der Waals surface area (Å²) in [5.74, 6) is -0.677. The molecule has 1 rings (SSSR count). The number of methoxy groups -OCH3 is 1. The van der Waals surface area contributed by atoms with E-state index in [1.165, 1.54) is 21.0 Å². The Hall–Kier alpha value is -2.35. The number of nitrogens with one attached hydrogen (secondary N) is 1. The maximum Gasteiger partial charge on any atom is 0.372 e. The molecule has 0 fully saturated rings. The molecule has 1 unspecified atom stereocenters. The molecule has 0 saturated heterocycles. The second kappa shape index (κ2) is 9.71. The first-order valence-corrected chi connectivity index (χ1v) is 8.08. The zero-order chi connectivity index (χ0) is 18.1. The average molecular weight is 353 g/mol. The molecule has 0 aliphatic carbocycles. The molecule has 1 atom stereocenters. The Bertz CT molecular complexity index is 613. The number of hydrogen-bond acceptors (Lipinski definition) is 7. The summed E-state index contributed by atoms with van der Waals surface area (Å²) >= 11 is 0.749. The number of rotatable bonds is 7. The number of thioether (sulfide) groups is 1. The van der Waals surface area contributed by atoms with Crippen LogP contribution in [0.1, 0.15) is 19.4 Å². The molecule has 130 valence electrons. The van der Waals surface area contributed by atoms with Crippen molar-refractivity contribution in [2.45, 2.75) is 26.3 Å². The number of benzene rings is 1. The third kappa shape index (κ3) is 7.28. The summed E-state index contributed by atoms with van der Waals surface area (Å²) in [4.78, 5) is 45.4. The van der Waals surface area contributed by atoms with Crippen LogP contribution in [0.2, 0.25) is 0 Å². The molecule has 0 heterocycles. The van der Waals surface area contributed by atoms with E-state index in [1.807, 2.05) is 0 Å². The van der Waals surface area contributed by atoms with Gasteiger partial charge in [0.25, 0.3) is 0 Å². The smallest absolute Gasteiger partial charge is 0.372 e. The molecule has 8 heteroatoms. The number of carbonyl (C=O) groups excluding carboxylic acids is 4.